The van der Waals surface area contributed by atoms with Crippen molar-refractivity contribution in [2.75, 3.05) is 11.9 Å². The zero-order valence-electron chi connectivity index (χ0n) is 9.47. The molecule has 0 atom stereocenters. The van der Waals surface area contributed by atoms with Crippen LogP contribution in [0.3, 0.4) is 0 Å². The Morgan fingerprint density at radius 1 is 1.32 bits per heavy atom. The number of carboxylic acids is 1. The lowest BCUT2D eigenvalue weighted by atomic mass is 10.2. The first-order valence-corrected chi connectivity index (χ1v) is 5.29. The molecule has 1 rings (SSSR count). The monoisotopic (exact) mass is 290 g/mol. The second-order valence-electron chi connectivity index (χ2n) is 3.44. The predicted molar refractivity (Wildman–Crippen MR) is 65.3 cm³/mol. The van der Waals surface area contributed by atoms with Gasteiger partial charge in [-0.05, 0) is 12.1 Å². The average Bonchev–Trinajstić information content (AvgIpc) is 2.24. The van der Waals surface area contributed by atoms with Crippen molar-refractivity contribution >= 4 is 29.3 Å². The maximum Gasteiger partial charge on any atom is 0.341 e. The van der Waals surface area contributed by atoms with Gasteiger partial charge in [0.15, 0.2) is 0 Å². The maximum absolute atomic E-state index is 13.3. The molecule has 0 fully saturated rings. The summed E-state index contributed by atoms with van der Waals surface area (Å²) in [4.78, 5) is 21.8. The number of nitrogens with one attached hydrogen (secondary N) is 2. The lowest BCUT2D eigenvalue weighted by Gasteiger charge is -2.08. The van der Waals surface area contributed by atoms with Crippen LogP contribution in [0, 0.1) is 11.6 Å². The van der Waals surface area contributed by atoms with Gasteiger partial charge in [0.1, 0.15) is 17.2 Å². The van der Waals surface area contributed by atoms with Crippen molar-refractivity contribution in [3.05, 3.63) is 40.9 Å². The third kappa shape index (κ3) is 4.22. The highest BCUT2D eigenvalue weighted by molar-refractivity contribution is 6.29. The van der Waals surface area contributed by atoms with Crippen molar-refractivity contribution in [2.24, 2.45) is 0 Å². The first-order chi connectivity index (χ1) is 8.81. The number of benzene rings is 1. The Hall–Kier alpha value is -2.15. The van der Waals surface area contributed by atoms with Crippen LogP contribution in [0.5, 0.6) is 0 Å². The van der Waals surface area contributed by atoms with Gasteiger partial charge in [0.25, 0.3) is 0 Å². The predicted octanol–water partition coefficient (Wildman–Crippen LogP) is 2.54. The second-order valence-corrected chi connectivity index (χ2v) is 3.98. The maximum atomic E-state index is 13.3. The number of rotatable bonds is 4. The lowest BCUT2D eigenvalue weighted by Crippen LogP contribution is -2.29. The summed E-state index contributed by atoms with van der Waals surface area (Å²) in [6, 6.07) is 0.632. The Balaban J connectivity index is 2.84. The number of carbonyl (C=O) groups excluding carboxylic acids is 1. The molecule has 0 aliphatic heterocycles. The Morgan fingerprint density at radius 2 is 1.84 bits per heavy atom. The normalized spacial score (nSPS) is 9.84. The number of halogens is 3. The molecule has 0 saturated carbocycles. The first kappa shape index (κ1) is 14.9. The summed E-state index contributed by atoms with van der Waals surface area (Å²) in [7, 11) is 0. The first-order valence-electron chi connectivity index (χ1n) is 4.91. The quantitative estimate of drug-likeness (QED) is 0.797. The van der Waals surface area contributed by atoms with E-state index in [1.54, 1.807) is 0 Å². The van der Waals surface area contributed by atoms with E-state index in [9.17, 15) is 18.4 Å². The molecule has 0 aromatic heterocycles. The number of hydrogen-bond donors (Lipinski definition) is 3. The Labute approximate surface area is 111 Å². The Kier molecular flexibility index (Phi) is 4.82. The fourth-order valence-corrected chi connectivity index (χ4v) is 1.27. The number of amides is 2. The van der Waals surface area contributed by atoms with E-state index in [2.05, 4.69) is 17.2 Å². The summed E-state index contributed by atoms with van der Waals surface area (Å²) < 4.78 is 26.6. The topological polar surface area (TPSA) is 78.4 Å². The summed E-state index contributed by atoms with van der Waals surface area (Å²) in [6.07, 6.45) is 0. The van der Waals surface area contributed by atoms with Crippen LogP contribution >= 0.6 is 11.6 Å². The van der Waals surface area contributed by atoms with E-state index in [-0.39, 0.29) is 17.3 Å². The standard InChI is InChI=1S/C11H9ClF2N2O3/c1-5(12)4-15-11(19)16-6-2-7(13)9(10(17)18)8(14)3-6/h2-3H,1,4H2,(H,17,18)(H2,15,16,19). The summed E-state index contributed by atoms with van der Waals surface area (Å²) in [6.45, 7) is 3.31. The van der Waals surface area contributed by atoms with E-state index >= 15 is 0 Å². The number of urea groups is 1. The molecule has 3 N–H and O–H groups in total. The van der Waals surface area contributed by atoms with Crippen LogP contribution in [0.25, 0.3) is 0 Å². The molecule has 0 aliphatic rings. The van der Waals surface area contributed by atoms with Gasteiger partial charge in [-0.1, -0.05) is 18.2 Å². The van der Waals surface area contributed by atoms with Crippen LogP contribution in [-0.2, 0) is 0 Å². The molecule has 5 nitrogen and oxygen atoms in total. The lowest BCUT2D eigenvalue weighted by molar-refractivity contribution is 0.0686. The molecule has 0 spiro atoms. The van der Waals surface area contributed by atoms with Crippen molar-refractivity contribution in [3.63, 3.8) is 0 Å². The third-order valence-corrected chi connectivity index (χ3v) is 2.09. The molecule has 1 aromatic rings. The number of hydrogen-bond acceptors (Lipinski definition) is 2. The Bertz CT molecular complexity index is 526. The number of anilines is 1. The minimum absolute atomic E-state index is 0.0223. The molecule has 0 aliphatic carbocycles. The minimum atomic E-state index is -1.73. The zero-order chi connectivity index (χ0) is 14.6. The highest BCUT2D eigenvalue weighted by Crippen LogP contribution is 2.18. The molecule has 0 saturated heterocycles. The Morgan fingerprint density at radius 3 is 2.26 bits per heavy atom. The fourth-order valence-electron chi connectivity index (χ4n) is 1.20. The van der Waals surface area contributed by atoms with E-state index in [1.165, 1.54) is 0 Å². The van der Waals surface area contributed by atoms with Crippen LogP contribution < -0.4 is 10.6 Å². The zero-order valence-corrected chi connectivity index (χ0v) is 10.2. The molecule has 8 heteroatoms. The van der Waals surface area contributed by atoms with Crippen LogP contribution in [0.15, 0.2) is 23.7 Å². The van der Waals surface area contributed by atoms with Gasteiger partial charge in [-0.15, -0.1) is 0 Å². The number of carbonyl (C=O) groups is 2. The largest absolute Gasteiger partial charge is 0.477 e. The average molecular weight is 291 g/mol. The minimum Gasteiger partial charge on any atom is -0.477 e. The van der Waals surface area contributed by atoms with Crippen molar-refractivity contribution in [1.29, 1.82) is 0 Å². The van der Waals surface area contributed by atoms with Crippen LogP contribution in [0.4, 0.5) is 19.3 Å². The highest BCUT2D eigenvalue weighted by Gasteiger charge is 2.18. The van der Waals surface area contributed by atoms with E-state index in [1.807, 2.05) is 0 Å². The summed E-state index contributed by atoms with van der Waals surface area (Å²) in [5.74, 6) is -4.31. The molecule has 0 unspecified atom stereocenters. The number of aromatic carboxylic acids is 1. The van der Waals surface area contributed by atoms with Gasteiger partial charge in [-0.3, -0.25) is 0 Å². The second kappa shape index (κ2) is 6.14. The molecule has 0 heterocycles. The smallest absolute Gasteiger partial charge is 0.341 e. The van der Waals surface area contributed by atoms with E-state index in [4.69, 9.17) is 16.7 Å². The van der Waals surface area contributed by atoms with Gasteiger partial charge in [0, 0.05) is 10.7 Å². The number of carboxylic acid groups (broad SMARTS) is 1. The van der Waals surface area contributed by atoms with E-state index in [0.717, 1.165) is 0 Å². The molecule has 2 amide bonds. The van der Waals surface area contributed by atoms with Crippen molar-refractivity contribution in [2.45, 2.75) is 0 Å². The van der Waals surface area contributed by atoms with E-state index in [0.29, 0.717) is 12.1 Å². The molecule has 1 aromatic carbocycles. The summed E-state index contributed by atoms with van der Waals surface area (Å²) >= 11 is 5.41. The van der Waals surface area contributed by atoms with Crippen LogP contribution in [-0.4, -0.2) is 23.7 Å². The van der Waals surface area contributed by atoms with Crippen molar-refractivity contribution in [3.8, 4) is 0 Å². The van der Waals surface area contributed by atoms with Gasteiger partial charge in [-0.25, -0.2) is 18.4 Å². The summed E-state index contributed by atoms with van der Waals surface area (Å²) in [5, 5.41) is 13.1. The third-order valence-electron chi connectivity index (χ3n) is 1.95. The van der Waals surface area contributed by atoms with Crippen LogP contribution in [0.1, 0.15) is 10.4 Å². The summed E-state index contributed by atoms with van der Waals surface area (Å²) in [5.41, 5.74) is -1.31. The van der Waals surface area contributed by atoms with E-state index < -0.39 is 29.2 Å². The molecule has 102 valence electrons. The van der Waals surface area contributed by atoms with Gasteiger partial charge in [0.2, 0.25) is 0 Å². The molecular formula is C11H9ClF2N2O3. The SMILES string of the molecule is C=C(Cl)CNC(=O)Nc1cc(F)c(C(=O)O)c(F)c1. The fraction of sp³-hybridized carbons (Fsp3) is 0.0909. The van der Waals surface area contributed by atoms with Crippen LogP contribution in [0.2, 0.25) is 0 Å². The molecule has 19 heavy (non-hydrogen) atoms. The van der Waals surface area contributed by atoms with Gasteiger partial charge < -0.3 is 15.7 Å². The van der Waals surface area contributed by atoms with Crippen molar-refractivity contribution < 1.29 is 23.5 Å². The van der Waals surface area contributed by atoms with Crippen molar-refractivity contribution in [1.82, 2.24) is 5.32 Å². The molecule has 0 bridgehead atoms. The highest BCUT2D eigenvalue weighted by atomic mass is 35.5. The molecular weight excluding hydrogens is 282 g/mol. The van der Waals surface area contributed by atoms with Gasteiger partial charge >= 0.3 is 12.0 Å². The van der Waals surface area contributed by atoms with Gasteiger partial charge in [-0.2, -0.15) is 0 Å². The van der Waals surface area contributed by atoms with Gasteiger partial charge in [0.05, 0.1) is 6.54 Å². The molecule has 0 radical (unpaired) electrons.